The summed E-state index contributed by atoms with van der Waals surface area (Å²) in [6.45, 7) is 8.19. The highest BCUT2D eigenvalue weighted by Crippen LogP contribution is 2.24. The zero-order valence-corrected chi connectivity index (χ0v) is 13.7. The van der Waals surface area contributed by atoms with Crippen molar-refractivity contribution >= 4 is 11.9 Å². The number of carboxylic acids is 1. The van der Waals surface area contributed by atoms with Crippen molar-refractivity contribution in [3.05, 3.63) is 17.5 Å². The molecule has 3 unspecified atom stereocenters. The molecule has 1 aromatic rings. The minimum atomic E-state index is -0.809. The smallest absolute Gasteiger partial charge is 0.308 e. The van der Waals surface area contributed by atoms with Gasteiger partial charge in [0.1, 0.15) is 0 Å². The van der Waals surface area contributed by atoms with Crippen molar-refractivity contribution in [2.24, 2.45) is 5.92 Å². The second-order valence-corrected chi connectivity index (χ2v) is 6.43. The number of likely N-dealkylation sites (tertiary alicyclic amines) is 1. The Kier molecular flexibility index (Phi) is 4.88. The van der Waals surface area contributed by atoms with E-state index in [-0.39, 0.29) is 18.0 Å². The van der Waals surface area contributed by atoms with Gasteiger partial charge in [-0.1, -0.05) is 0 Å². The summed E-state index contributed by atoms with van der Waals surface area (Å²) in [5.74, 6) is -1.24. The zero-order valence-electron chi connectivity index (χ0n) is 13.7. The minimum absolute atomic E-state index is 0.0125. The quantitative estimate of drug-likeness (QED) is 0.925. The predicted molar refractivity (Wildman–Crippen MR) is 82.6 cm³/mol. The van der Waals surface area contributed by atoms with Crippen molar-refractivity contribution in [2.45, 2.75) is 59.0 Å². The summed E-state index contributed by atoms with van der Waals surface area (Å²) >= 11 is 0. The van der Waals surface area contributed by atoms with Crippen LogP contribution in [0.3, 0.4) is 0 Å². The number of hydrogen-bond donors (Lipinski definition) is 1. The lowest BCUT2D eigenvalue weighted by Crippen LogP contribution is -2.47. The van der Waals surface area contributed by atoms with Gasteiger partial charge >= 0.3 is 5.97 Å². The number of rotatable bonds is 4. The van der Waals surface area contributed by atoms with Crippen LogP contribution < -0.4 is 0 Å². The maximum Gasteiger partial charge on any atom is 0.308 e. The van der Waals surface area contributed by atoms with E-state index in [4.69, 9.17) is 0 Å². The average molecular weight is 307 g/mol. The van der Waals surface area contributed by atoms with E-state index in [0.717, 1.165) is 17.8 Å². The maximum absolute atomic E-state index is 12.6. The first kappa shape index (κ1) is 16.5. The maximum atomic E-state index is 12.6. The number of hydrogen-bond acceptors (Lipinski definition) is 3. The van der Waals surface area contributed by atoms with Gasteiger partial charge in [-0.05, 0) is 46.6 Å². The summed E-state index contributed by atoms with van der Waals surface area (Å²) in [5, 5.41) is 13.6. The molecular weight excluding hydrogens is 282 g/mol. The fraction of sp³-hybridized carbons (Fsp3) is 0.688. The van der Waals surface area contributed by atoms with Gasteiger partial charge in [0.25, 0.3) is 0 Å². The van der Waals surface area contributed by atoms with Crippen LogP contribution in [-0.2, 0) is 9.59 Å². The summed E-state index contributed by atoms with van der Waals surface area (Å²) in [6.07, 6.45) is 1.74. The van der Waals surface area contributed by atoms with Gasteiger partial charge in [-0.2, -0.15) is 5.10 Å². The molecular formula is C16H25N3O3. The standard InChI is InChI=1S/C16H25N3O3/c1-10-7-12(3)19(17-10)13(4)8-15(20)18-9-14(16(21)22)6-5-11(18)2/h7,11,13-14H,5-6,8-9H2,1-4H3,(H,21,22). The van der Waals surface area contributed by atoms with Gasteiger partial charge in [0.15, 0.2) is 0 Å². The molecule has 2 rings (SSSR count). The zero-order chi connectivity index (χ0) is 16.4. The first-order valence-corrected chi connectivity index (χ1v) is 7.84. The molecule has 0 radical (unpaired) electrons. The average Bonchev–Trinajstić information content (AvgIpc) is 2.77. The number of amides is 1. The van der Waals surface area contributed by atoms with Gasteiger partial charge in [-0.3, -0.25) is 14.3 Å². The largest absolute Gasteiger partial charge is 0.481 e. The molecule has 1 fully saturated rings. The SMILES string of the molecule is Cc1cc(C)n(C(C)CC(=O)N2CC(C(=O)O)CCC2C)n1. The number of carbonyl (C=O) groups excluding carboxylic acids is 1. The summed E-state index contributed by atoms with van der Waals surface area (Å²) < 4.78 is 1.87. The summed E-state index contributed by atoms with van der Waals surface area (Å²) in [6, 6.07) is 2.07. The third kappa shape index (κ3) is 3.48. The van der Waals surface area contributed by atoms with Crippen LogP contribution in [0.5, 0.6) is 0 Å². The normalized spacial score (nSPS) is 23.4. The fourth-order valence-electron chi connectivity index (χ4n) is 3.20. The van der Waals surface area contributed by atoms with Gasteiger partial charge in [0.05, 0.1) is 17.7 Å². The van der Waals surface area contributed by atoms with Crippen molar-refractivity contribution in [3.8, 4) is 0 Å². The van der Waals surface area contributed by atoms with E-state index in [1.54, 1.807) is 4.90 Å². The van der Waals surface area contributed by atoms with Crippen LogP contribution in [0.2, 0.25) is 0 Å². The Morgan fingerprint density at radius 2 is 2.09 bits per heavy atom. The number of carbonyl (C=O) groups is 2. The van der Waals surface area contributed by atoms with E-state index in [0.29, 0.717) is 19.4 Å². The molecule has 3 atom stereocenters. The van der Waals surface area contributed by atoms with Gasteiger partial charge in [0, 0.05) is 24.7 Å². The van der Waals surface area contributed by atoms with Gasteiger partial charge in [-0.25, -0.2) is 0 Å². The van der Waals surface area contributed by atoms with Crippen LogP contribution in [0, 0.1) is 19.8 Å². The number of piperidine rings is 1. The Labute approximate surface area is 131 Å². The Balaban J connectivity index is 2.04. The molecule has 1 aliphatic heterocycles. The summed E-state index contributed by atoms with van der Waals surface area (Å²) in [7, 11) is 0. The fourth-order valence-corrected chi connectivity index (χ4v) is 3.20. The number of carboxylic acid groups (broad SMARTS) is 1. The van der Waals surface area contributed by atoms with Crippen LogP contribution in [0.15, 0.2) is 6.07 Å². The second-order valence-electron chi connectivity index (χ2n) is 6.43. The molecule has 1 aromatic heterocycles. The third-order valence-corrected chi connectivity index (χ3v) is 4.48. The first-order valence-electron chi connectivity index (χ1n) is 7.84. The summed E-state index contributed by atoms with van der Waals surface area (Å²) in [5.41, 5.74) is 1.97. The highest BCUT2D eigenvalue weighted by Gasteiger charge is 2.33. The molecule has 0 spiro atoms. The molecule has 0 bridgehead atoms. The number of nitrogens with zero attached hydrogens (tertiary/aromatic N) is 3. The highest BCUT2D eigenvalue weighted by atomic mass is 16.4. The Hall–Kier alpha value is -1.85. The van der Waals surface area contributed by atoms with Gasteiger partial charge in [0.2, 0.25) is 5.91 Å². The molecule has 1 saturated heterocycles. The van der Waals surface area contributed by atoms with E-state index in [9.17, 15) is 14.7 Å². The monoisotopic (exact) mass is 307 g/mol. The molecule has 122 valence electrons. The Morgan fingerprint density at radius 1 is 1.41 bits per heavy atom. The van der Waals surface area contributed by atoms with Crippen molar-refractivity contribution in [3.63, 3.8) is 0 Å². The summed E-state index contributed by atoms with van der Waals surface area (Å²) in [4.78, 5) is 25.5. The molecule has 0 aromatic carbocycles. The number of aromatic nitrogens is 2. The van der Waals surface area contributed by atoms with Gasteiger partial charge in [-0.15, -0.1) is 0 Å². The van der Waals surface area contributed by atoms with E-state index in [1.165, 1.54) is 0 Å². The van der Waals surface area contributed by atoms with Crippen molar-refractivity contribution in [2.75, 3.05) is 6.54 Å². The minimum Gasteiger partial charge on any atom is -0.481 e. The molecule has 6 heteroatoms. The van der Waals surface area contributed by atoms with Crippen LogP contribution in [0.1, 0.15) is 50.5 Å². The second kappa shape index (κ2) is 6.50. The van der Waals surface area contributed by atoms with Crippen molar-refractivity contribution in [1.29, 1.82) is 0 Å². The molecule has 1 amide bonds. The molecule has 0 saturated carbocycles. The third-order valence-electron chi connectivity index (χ3n) is 4.48. The number of aryl methyl sites for hydroxylation is 2. The van der Waals surface area contributed by atoms with Gasteiger partial charge < -0.3 is 10.0 Å². The lowest BCUT2D eigenvalue weighted by atomic mass is 9.93. The van der Waals surface area contributed by atoms with E-state index < -0.39 is 11.9 Å². The van der Waals surface area contributed by atoms with Crippen molar-refractivity contribution in [1.82, 2.24) is 14.7 Å². The lowest BCUT2D eigenvalue weighted by molar-refractivity contribution is -0.147. The Morgan fingerprint density at radius 3 is 2.64 bits per heavy atom. The molecule has 1 N–H and O–H groups in total. The molecule has 22 heavy (non-hydrogen) atoms. The molecule has 0 aliphatic carbocycles. The molecule has 6 nitrogen and oxygen atoms in total. The highest BCUT2D eigenvalue weighted by molar-refractivity contribution is 5.78. The molecule has 1 aliphatic rings. The van der Waals surface area contributed by atoms with Crippen LogP contribution >= 0.6 is 0 Å². The van der Waals surface area contributed by atoms with E-state index >= 15 is 0 Å². The lowest BCUT2D eigenvalue weighted by Gasteiger charge is -2.37. The van der Waals surface area contributed by atoms with Crippen molar-refractivity contribution < 1.29 is 14.7 Å². The predicted octanol–water partition coefficient (Wildman–Crippen LogP) is 2.16. The van der Waals surface area contributed by atoms with Crippen LogP contribution in [-0.4, -0.2) is 44.3 Å². The van der Waals surface area contributed by atoms with Crippen LogP contribution in [0.25, 0.3) is 0 Å². The first-order chi connectivity index (χ1) is 10.3. The van der Waals surface area contributed by atoms with Crippen LogP contribution in [0.4, 0.5) is 0 Å². The number of aliphatic carboxylic acids is 1. The molecule has 2 heterocycles. The van der Waals surface area contributed by atoms with E-state index in [1.807, 2.05) is 38.4 Å². The van der Waals surface area contributed by atoms with E-state index in [2.05, 4.69) is 5.10 Å². The topological polar surface area (TPSA) is 75.4 Å². The Bertz CT molecular complexity index is 567.